The number of aromatic nitrogens is 3. The summed E-state index contributed by atoms with van der Waals surface area (Å²) in [6.45, 7) is 0.825. The van der Waals surface area contributed by atoms with Crippen LogP contribution in [0.3, 0.4) is 0 Å². The zero-order chi connectivity index (χ0) is 14.3. The van der Waals surface area contributed by atoms with Gasteiger partial charge in [-0.3, -0.25) is 0 Å². The molecule has 0 saturated heterocycles. The molecule has 0 unspecified atom stereocenters. The summed E-state index contributed by atoms with van der Waals surface area (Å²) in [7, 11) is 0. The molecule has 20 heavy (non-hydrogen) atoms. The van der Waals surface area contributed by atoms with Crippen LogP contribution in [0.15, 0.2) is 22.8 Å². The van der Waals surface area contributed by atoms with Crippen molar-refractivity contribution in [3.05, 3.63) is 33.7 Å². The Morgan fingerprint density at radius 2 is 2.30 bits per heavy atom. The predicted molar refractivity (Wildman–Crippen MR) is 77.9 cm³/mol. The number of carboxylic acid groups (broad SMARTS) is 1. The quantitative estimate of drug-likeness (QED) is 0.852. The van der Waals surface area contributed by atoms with Crippen molar-refractivity contribution in [1.82, 2.24) is 19.5 Å². The zero-order valence-corrected chi connectivity index (χ0v) is 12.6. The van der Waals surface area contributed by atoms with Gasteiger partial charge in [-0.2, -0.15) is 0 Å². The molecule has 0 radical (unpaired) electrons. The largest absolute Gasteiger partial charge is 0.465 e. The van der Waals surface area contributed by atoms with Crippen LogP contribution in [0.5, 0.6) is 0 Å². The van der Waals surface area contributed by atoms with Crippen LogP contribution in [-0.2, 0) is 0 Å². The number of fused-ring (bicyclic) bond motifs is 1. The maximum Gasteiger partial charge on any atom is 0.407 e. The third-order valence-corrected chi connectivity index (χ3v) is 4.32. The van der Waals surface area contributed by atoms with Gasteiger partial charge in [0.05, 0.1) is 9.50 Å². The Morgan fingerprint density at radius 1 is 1.50 bits per heavy atom. The summed E-state index contributed by atoms with van der Waals surface area (Å²) in [6, 6.07) is 1.73. The number of rotatable bonds is 1. The van der Waals surface area contributed by atoms with Gasteiger partial charge in [-0.1, -0.05) is 17.7 Å². The van der Waals surface area contributed by atoms with Gasteiger partial charge in [0.2, 0.25) is 0 Å². The van der Waals surface area contributed by atoms with Gasteiger partial charge in [0.15, 0.2) is 11.5 Å². The highest BCUT2D eigenvalue weighted by atomic mass is 79.9. The Kier molecular flexibility index (Phi) is 3.39. The molecule has 104 valence electrons. The lowest BCUT2D eigenvalue weighted by Gasteiger charge is -2.22. The Hall–Kier alpha value is -1.60. The monoisotopic (exact) mass is 356 g/mol. The van der Waals surface area contributed by atoms with Crippen molar-refractivity contribution in [2.45, 2.75) is 6.42 Å². The van der Waals surface area contributed by atoms with Crippen LogP contribution < -0.4 is 0 Å². The second-order valence-electron chi connectivity index (χ2n) is 4.42. The minimum atomic E-state index is -0.904. The molecule has 0 spiro atoms. The molecule has 6 nitrogen and oxygen atoms in total. The van der Waals surface area contributed by atoms with E-state index in [4.69, 9.17) is 16.7 Å². The lowest BCUT2D eigenvalue weighted by Crippen LogP contribution is -2.33. The molecule has 8 heteroatoms. The third-order valence-electron chi connectivity index (χ3n) is 3.14. The van der Waals surface area contributed by atoms with Crippen LogP contribution in [0.25, 0.3) is 11.2 Å². The van der Waals surface area contributed by atoms with E-state index in [1.54, 1.807) is 16.8 Å². The fraction of sp³-hybridized carbons (Fsp3) is 0.250. The van der Waals surface area contributed by atoms with Gasteiger partial charge in [0.25, 0.3) is 0 Å². The van der Waals surface area contributed by atoms with E-state index in [1.165, 1.54) is 4.90 Å². The molecule has 0 fully saturated rings. The van der Waals surface area contributed by atoms with Crippen molar-refractivity contribution in [3.63, 3.8) is 0 Å². The molecule has 2 aromatic heterocycles. The Bertz CT molecular complexity index is 689. The third kappa shape index (κ3) is 2.38. The van der Waals surface area contributed by atoms with E-state index in [-0.39, 0.29) is 0 Å². The second-order valence-corrected chi connectivity index (χ2v) is 5.68. The first-order valence-corrected chi connectivity index (χ1v) is 7.10. The molecular formula is C12H10BrClN4O2. The molecule has 0 atom stereocenters. The van der Waals surface area contributed by atoms with E-state index in [1.807, 2.05) is 6.08 Å². The minimum absolute atomic E-state index is 0.366. The maximum atomic E-state index is 10.9. The molecule has 0 aliphatic carbocycles. The molecule has 0 aromatic carbocycles. The number of carbonyl (C=O) groups is 1. The van der Waals surface area contributed by atoms with Gasteiger partial charge in [-0.05, 0) is 27.9 Å². The van der Waals surface area contributed by atoms with Crippen LogP contribution in [0.1, 0.15) is 12.2 Å². The maximum absolute atomic E-state index is 10.9. The van der Waals surface area contributed by atoms with Crippen LogP contribution >= 0.6 is 27.5 Å². The molecular weight excluding hydrogens is 348 g/mol. The summed E-state index contributed by atoms with van der Waals surface area (Å²) in [6.07, 6.45) is 3.31. The fourth-order valence-electron chi connectivity index (χ4n) is 2.06. The van der Waals surface area contributed by atoms with Crippen LogP contribution in [0.2, 0.25) is 5.02 Å². The van der Waals surface area contributed by atoms with E-state index in [0.717, 1.165) is 10.0 Å². The van der Waals surface area contributed by atoms with E-state index in [9.17, 15) is 4.79 Å². The summed E-state index contributed by atoms with van der Waals surface area (Å²) >= 11 is 9.36. The molecule has 1 aliphatic rings. The summed E-state index contributed by atoms with van der Waals surface area (Å²) in [5.41, 5.74) is 1.62. The average molecular weight is 358 g/mol. The topological polar surface area (TPSA) is 70.7 Å². The van der Waals surface area contributed by atoms with Gasteiger partial charge >= 0.3 is 6.09 Å². The van der Waals surface area contributed by atoms with Crippen LogP contribution in [0, 0.1) is 0 Å². The van der Waals surface area contributed by atoms with Crippen molar-refractivity contribution >= 4 is 44.8 Å². The van der Waals surface area contributed by atoms with E-state index in [2.05, 4.69) is 26.0 Å². The predicted octanol–water partition coefficient (Wildman–Crippen LogP) is 2.91. The molecule has 0 bridgehead atoms. The van der Waals surface area contributed by atoms with Gasteiger partial charge in [0.1, 0.15) is 0 Å². The number of hydrogen-bond acceptors (Lipinski definition) is 3. The van der Waals surface area contributed by atoms with Gasteiger partial charge < -0.3 is 10.0 Å². The Balaban J connectivity index is 1.93. The summed E-state index contributed by atoms with van der Waals surface area (Å²) in [5.74, 6) is 0.615. The van der Waals surface area contributed by atoms with Crippen LogP contribution in [-0.4, -0.2) is 43.8 Å². The van der Waals surface area contributed by atoms with E-state index < -0.39 is 6.09 Å². The van der Waals surface area contributed by atoms with Gasteiger partial charge in [-0.25, -0.2) is 14.3 Å². The van der Waals surface area contributed by atoms with Crippen molar-refractivity contribution in [3.8, 4) is 0 Å². The van der Waals surface area contributed by atoms with E-state index >= 15 is 0 Å². The Labute approximate surface area is 127 Å². The van der Waals surface area contributed by atoms with Crippen molar-refractivity contribution < 1.29 is 9.90 Å². The summed E-state index contributed by atoms with van der Waals surface area (Å²) < 4.78 is 2.40. The smallest absolute Gasteiger partial charge is 0.407 e. The molecule has 1 aliphatic heterocycles. The van der Waals surface area contributed by atoms with E-state index in [0.29, 0.717) is 36.0 Å². The second kappa shape index (κ2) is 5.06. The highest BCUT2D eigenvalue weighted by molar-refractivity contribution is 9.10. The first kappa shape index (κ1) is 13.4. The molecule has 1 N–H and O–H groups in total. The Morgan fingerprint density at radius 3 is 2.95 bits per heavy atom. The van der Waals surface area contributed by atoms with Crippen molar-refractivity contribution in [2.24, 2.45) is 0 Å². The molecule has 3 heterocycles. The first-order valence-electron chi connectivity index (χ1n) is 5.93. The summed E-state index contributed by atoms with van der Waals surface area (Å²) in [5, 5.41) is 13.9. The average Bonchev–Trinajstić information content (AvgIpc) is 2.82. The number of amides is 1. The number of halogens is 2. The number of hydrogen-bond donors (Lipinski definition) is 1. The molecule has 3 rings (SSSR count). The first-order chi connectivity index (χ1) is 9.54. The minimum Gasteiger partial charge on any atom is -0.465 e. The lowest BCUT2D eigenvalue weighted by atomic mass is 10.1. The summed E-state index contributed by atoms with van der Waals surface area (Å²) in [4.78, 5) is 16.6. The van der Waals surface area contributed by atoms with Gasteiger partial charge in [0, 0.05) is 25.4 Å². The highest BCUT2D eigenvalue weighted by Crippen LogP contribution is 2.25. The lowest BCUT2D eigenvalue weighted by molar-refractivity contribution is 0.150. The molecule has 1 amide bonds. The van der Waals surface area contributed by atoms with Gasteiger partial charge in [-0.15, -0.1) is 5.10 Å². The van der Waals surface area contributed by atoms with Crippen LogP contribution in [0.4, 0.5) is 4.79 Å². The fourth-order valence-corrected chi connectivity index (χ4v) is 2.52. The highest BCUT2D eigenvalue weighted by Gasteiger charge is 2.19. The number of pyridine rings is 1. The SMILES string of the molecule is O=C(O)N1CC=C(c2nc3cc(Cl)c(Br)cn3n2)CC1. The van der Waals surface area contributed by atoms with Crippen molar-refractivity contribution in [1.29, 1.82) is 0 Å². The van der Waals surface area contributed by atoms with Crippen molar-refractivity contribution in [2.75, 3.05) is 13.1 Å². The molecule has 2 aromatic rings. The zero-order valence-electron chi connectivity index (χ0n) is 10.3. The molecule has 0 saturated carbocycles. The standard InChI is InChI=1S/C12H10BrClN4O2/c13-8-6-18-10(5-9(8)14)15-11(16-18)7-1-3-17(4-2-7)12(19)20/h1,5-6H,2-4H2,(H,19,20). The normalized spacial score (nSPS) is 15.5. The number of nitrogens with zero attached hydrogens (tertiary/aromatic N) is 4.